The van der Waals surface area contributed by atoms with E-state index in [1.54, 1.807) is 24.0 Å². The summed E-state index contributed by atoms with van der Waals surface area (Å²) >= 11 is 0. The van der Waals surface area contributed by atoms with Crippen LogP contribution in [0.15, 0.2) is 48.5 Å². The molecule has 1 atom stereocenters. The van der Waals surface area contributed by atoms with E-state index in [-0.39, 0.29) is 5.91 Å². The minimum absolute atomic E-state index is 0.264. The number of hydrogen-bond acceptors (Lipinski definition) is 4. The number of halogens is 1. The zero-order chi connectivity index (χ0) is 18.7. The maximum atomic E-state index is 13.3. The minimum Gasteiger partial charge on any atom is -0.481 e. The fourth-order valence-electron chi connectivity index (χ4n) is 2.85. The number of aromatic nitrogens is 2. The minimum atomic E-state index is -0.793. The highest BCUT2D eigenvalue weighted by molar-refractivity contribution is 6.03. The molecule has 1 heterocycles. The van der Waals surface area contributed by atoms with E-state index in [0.29, 0.717) is 18.1 Å². The molecule has 0 radical (unpaired) electrons. The number of fused-ring (bicyclic) bond motifs is 1. The Morgan fingerprint density at radius 2 is 1.88 bits per heavy atom. The molecule has 0 fully saturated rings. The number of aryl methyl sites for hydroxylation is 1. The van der Waals surface area contributed by atoms with E-state index in [9.17, 15) is 9.18 Å². The van der Waals surface area contributed by atoms with E-state index in [4.69, 9.17) is 4.74 Å². The fourth-order valence-corrected chi connectivity index (χ4v) is 2.85. The SMILES string of the molecule is CCN(C(=O)[C@H](C)Oc1cccc(F)c1)c1nnc(C)c2ccccc12. The summed E-state index contributed by atoms with van der Waals surface area (Å²) in [4.78, 5) is 14.5. The van der Waals surface area contributed by atoms with Gasteiger partial charge in [0.1, 0.15) is 11.6 Å². The monoisotopic (exact) mass is 353 g/mol. The molecule has 0 aliphatic rings. The van der Waals surface area contributed by atoms with E-state index in [2.05, 4.69) is 10.2 Å². The third-order valence-electron chi connectivity index (χ3n) is 4.15. The van der Waals surface area contributed by atoms with Crippen LogP contribution in [-0.2, 0) is 4.79 Å². The van der Waals surface area contributed by atoms with E-state index in [0.717, 1.165) is 16.5 Å². The largest absolute Gasteiger partial charge is 0.481 e. The van der Waals surface area contributed by atoms with E-state index in [1.807, 2.05) is 38.1 Å². The highest BCUT2D eigenvalue weighted by Gasteiger charge is 2.25. The first-order valence-electron chi connectivity index (χ1n) is 8.47. The maximum absolute atomic E-state index is 13.3. The number of hydrogen-bond donors (Lipinski definition) is 0. The van der Waals surface area contributed by atoms with E-state index in [1.165, 1.54) is 12.1 Å². The molecule has 5 nitrogen and oxygen atoms in total. The Labute approximate surface area is 151 Å². The number of carbonyl (C=O) groups is 1. The Morgan fingerprint density at radius 1 is 1.15 bits per heavy atom. The lowest BCUT2D eigenvalue weighted by Gasteiger charge is -2.25. The van der Waals surface area contributed by atoms with Crippen molar-refractivity contribution in [2.75, 3.05) is 11.4 Å². The number of amides is 1. The van der Waals surface area contributed by atoms with Gasteiger partial charge in [0.25, 0.3) is 5.91 Å². The van der Waals surface area contributed by atoms with Gasteiger partial charge in [-0.3, -0.25) is 9.69 Å². The second-order valence-corrected chi connectivity index (χ2v) is 5.95. The molecule has 0 spiro atoms. The van der Waals surface area contributed by atoms with Crippen LogP contribution in [0, 0.1) is 12.7 Å². The lowest BCUT2D eigenvalue weighted by atomic mass is 10.1. The van der Waals surface area contributed by atoms with Crippen molar-refractivity contribution in [3.8, 4) is 5.75 Å². The Balaban J connectivity index is 1.91. The Hall–Kier alpha value is -3.02. The number of likely N-dealkylation sites (N-methyl/N-ethyl adjacent to an activating group) is 1. The van der Waals surface area contributed by atoms with Gasteiger partial charge in [0, 0.05) is 23.4 Å². The summed E-state index contributed by atoms with van der Waals surface area (Å²) < 4.78 is 18.9. The number of rotatable bonds is 5. The highest BCUT2D eigenvalue weighted by atomic mass is 19.1. The molecule has 2 aromatic carbocycles. The Bertz CT molecular complexity index is 945. The van der Waals surface area contributed by atoms with Crippen LogP contribution in [-0.4, -0.2) is 28.8 Å². The van der Waals surface area contributed by atoms with Crippen molar-refractivity contribution < 1.29 is 13.9 Å². The summed E-state index contributed by atoms with van der Waals surface area (Å²) in [5.41, 5.74) is 0.803. The summed E-state index contributed by atoms with van der Waals surface area (Å²) in [6.45, 7) is 5.80. The fraction of sp³-hybridized carbons (Fsp3) is 0.250. The molecule has 3 rings (SSSR count). The predicted octanol–water partition coefficient (Wildman–Crippen LogP) is 3.90. The Kier molecular flexibility index (Phi) is 5.11. The number of benzene rings is 2. The molecule has 134 valence electrons. The van der Waals surface area contributed by atoms with Crippen molar-refractivity contribution in [2.45, 2.75) is 26.9 Å². The molecule has 0 unspecified atom stereocenters. The third kappa shape index (κ3) is 3.49. The van der Waals surface area contributed by atoms with Crippen molar-refractivity contribution in [2.24, 2.45) is 0 Å². The van der Waals surface area contributed by atoms with Crippen molar-refractivity contribution in [1.82, 2.24) is 10.2 Å². The maximum Gasteiger partial charge on any atom is 0.268 e. The van der Waals surface area contributed by atoms with Crippen LogP contribution < -0.4 is 9.64 Å². The smallest absolute Gasteiger partial charge is 0.268 e. The summed E-state index contributed by atoms with van der Waals surface area (Å²) in [6, 6.07) is 13.4. The molecule has 26 heavy (non-hydrogen) atoms. The van der Waals surface area contributed by atoms with Gasteiger partial charge in [0.05, 0.1) is 5.69 Å². The number of nitrogens with zero attached hydrogens (tertiary/aromatic N) is 3. The molecule has 0 saturated heterocycles. The van der Waals surface area contributed by atoms with Gasteiger partial charge in [-0.1, -0.05) is 30.3 Å². The third-order valence-corrected chi connectivity index (χ3v) is 4.15. The molecular formula is C20H20FN3O2. The van der Waals surface area contributed by atoms with Gasteiger partial charge in [-0.2, -0.15) is 5.10 Å². The number of anilines is 1. The van der Waals surface area contributed by atoms with Crippen LogP contribution in [0.25, 0.3) is 10.8 Å². The van der Waals surface area contributed by atoms with Crippen molar-refractivity contribution in [3.63, 3.8) is 0 Å². The molecule has 3 aromatic rings. The molecule has 1 aromatic heterocycles. The molecule has 0 N–H and O–H groups in total. The van der Waals surface area contributed by atoms with Gasteiger partial charge in [0.15, 0.2) is 11.9 Å². The molecule has 0 bridgehead atoms. The second kappa shape index (κ2) is 7.47. The predicted molar refractivity (Wildman–Crippen MR) is 98.8 cm³/mol. The average Bonchev–Trinajstić information content (AvgIpc) is 2.64. The van der Waals surface area contributed by atoms with Gasteiger partial charge < -0.3 is 4.74 Å². The molecule has 0 saturated carbocycles. The second-order valence-electron chi connectivity index (χ2n) is 5.95. The molecule has 1 amide bonds. The van der Waals surface area contributed by atoms with Gasteiger partial charge in [0.2, 0.25) is 0 Å². The van der Waals surface area contributed by atoms with Gasteiger partial charge in [-0.15, -0.1) is 5.10 Å². The molecule has 6 heteroatoms. The van der Waals surface area contributed by atoms with Gasteiger partial charge >= 0.3 is 0 Å². The summed E-state index contributed by atoms with van der Waals surface area (Å²) in [5, 5.41) is 10.2. The quantitative estimate of drug-likeness (QED) is 0.698. The van der Waals surface area contributed by atoms with Crippen molar-refractivity contribution >= 4 is 22.5 Å². The number of carbonyl (C=O) groups excluding carboxylic acids is 1. The Morgan fingerprint density at radius 3 is 2.58 bits per heavy atom. The summed E-state index contributed by atoms with van der Waals surface area (Å²) in [7, 11) is 0. The topological polar surface area (TPSA) is 55.3 Å². The van der Waals surface area contributed by atoms with Crippen molar-refractivity contribution in [1.29, 1.82) is 0 Å². The van der Waals surface area contributed by atoms with Crippen LogP contribution >= 0.6 is 0 Å². The lowest BCUT2D eigenvalue weighted by molar-refractivity contribution is -0.124. The average molecular weight is 353 g/mol. The van der Waals surface area contributed by atoms with Crippen LogP contribution in [0.2, 0.25) is 0 Å². The first-order valence-corrected chi connectivity index (χ1v) is 8.47. The van der Waals surface area contributed by atoms with E-state index < -0.39 is 11.9 Å². The molecule has 0 aliphatic heterocycles. The summed E-state index contributed by atoms with van der Waals surface area (Å²) in [5.74, 6) is 0.125. The van der Waals surface area contributed by atoms with Crippen LogP contribution in [0.1, 0.15) is 19.5 Å². The summed E-state index contributed by atoms with van der Waals surface area (Å²) in [6.07, 6.45) is -0.793. The molecular weight excluding hydrogens is 333 g/mol. The van der Waals surface area contributed by atoms with E-state index >= 15 is 0 Å². The zero-order valence-corrected chi connectivity index (χ0v) is 14.9. The van der Waals surface area contributed by atoms with Crippen LogP contribution in [0.4, 0.5) is 10.2 Å². The normalized spacial score (nSPS) is 12.0. The first-order chi connectivity index (χ1) is 12.5. The van der Waals surface area contributed by atoms with Gasteiger partial charge in [-0.25, -0.2) is 4.39 Å². The first kappa shape index (κ1) is 17.8. The van der Waals surface area contributed by atoms with Gasteiger partial charge in [-0.05, 0) is 32.9 Å². The standard InChI is InChI=1S/C20H20FN3O2/c1-4-24(19-18-11-6-5-10-17(18)13(2)22-23-19)20(25)14(3)26-16-9-7-8-15(21)12-16/h5-12,14H,4H2,1-3H3/t14-/m0/s1. The highest BCUT2D eigenvalue weighted by Crippen LogP contribution is 2.26. The molecule has 0 aliphatic carbocycles. The zero-order valence-electron chi connectivity index (χ0n) is 14.9. The lowest BCUT2D eigenvalue weighted by Crippen LogP contribution is -2.41. The van der Waals surface area contributed by atoms with Crippen LogP contribution in [0.5, 0.6) is 5.75 Å². The number of ether oxygens (including phenoxy) is 1. The van der Waals surface area contributed by atoms with Crippen LogP contribution in [0.3, 0.4) is 0 Å². The van der Waals surface area contributed by atoms with Crippen molar-refractivity contribution in [3.05, 3.63) is 60.0 Å².